The maximum Gasteiger partial charge on any atom is 0.206 e. The maximum absolute atomic E-state index is 5.36. The lowest BCUT2D eigenvalue weighted by atomic mass is 9.98. The molecule has 5 heteroatoms. The second-order valence-corrected chi connectivity index (χ2v) is 6.86. The van der Waals surface area contributed by atoms with E-state index in [1.165, 1.54) is 5.56 Å². The van der Waals surface area contributed by atoms with Crippen molar-refractivity contribution < 1.29 is 4.74 Å². The highest BCUT2D eigenvalue weighted by atomic mass is 32.1. The number of anilines is 1. The summed E-state index contributed by atoms with van der Waals surface area (Å²) in [7, 11) is 1.69. The van der Waals surface area contributed by atoms with Gasteiger partial charge in [0.15, 0.2) is 0 Å². The van der Waals surface area contributed by atoms with Crippen LogP contribution >= 0.6 is 11.3 Å². The number of aryl methyl sites for hydroxylation is 1. The van der Waals surface area contributed by atoms with Crippen LogP contribution in [0, 0.1) is 6.92 Å². The summed E-state index contributed by atoms with van der Waals surface area (Å²) in [5.41, 5.74) is 4.42. The average Bonchev–Trinajstić information content (AvgIpc) is 3.29. The molecule has 2 aromatic carbocycles. The number of thiazole rings is 1. The smallest absolute Gasteiger partial charge is 0.206 e. The second kappa shape index (κ2) is 6.69. The summed E-state index contributed by atoms with van der Waals surface area (Å²) in [6.45, 7) is 2.01. The standard InChI is InChI=1S/C20H19N3OS/c1-14-13-25-20(21-14)23-19(15-7-4-3-5-8-15)12-18(22-23)16-9-6-10-17(11-16)24-2/h3-11,13,19H,12H2,1-2H3/t19-/m1/s1. The van der Waals surface area contributed by atoms with Crippen LogP contribution in [0.3, 0.4) is 0 Å². The van der Waals surface area contributed by atoms with Gasteiger partial charge in [0.05, 0.1) is 24.6 Å². The predicted molar refractivity (Wildman–Crippen MR) is 103 cm³/mol. The molecule has 0 aliphatic carbocycles. The molecule has 0 N–H and O–H groups in total. The summed E-state index contributed by atoms with van der Waals surface area (Å²) in [4.78, 5) is 4.64. The molecule has 2 heterocycles. The summed E-state index contributed by atoms with van der Waals surface area (Å²) < 4.78 is 5.36. The molecule has 0 radical (unpaired) electrons. The molecule has 0 unspecified atom stereocenters. The monoisotopic (exact) mass is 349 g/mol. The molecular formula is C20H19N3OS. The van der Waals surface area contributed by atoms with Gasteiger partial charge in [0.1, 0.15) is 5.75 Å². The summed E-state index contributed by atoms with van der Waals surface area (Å²) >= 11 is 1.63. The fourth-order valence-corrected chi connectivity index (χ4v) is 3.85. The van der Waals surface area contributed by atoms with Crippen LogP contribution in [-0.4, -0.2) is 17.8 Å². The molecule has 1 atom stereocenters. The van der Waals surface area contributed by atoms with Gasteiger partial charge in [-0.1, -0.05) is 42.5 Å². The highest BCUT2D eigenvalue weighted by Gasteiger charge is 2.31. The van der Waals surface area contributed by atoms with Crippen molar-refractivity contribution in [1.82, 2.24) is 4.98 Å². The van der Waals surface area contributed by atoms with E-state index in [2.05, 4.69) is 45.7 Å². The van der Waals surface area contributed by atoms with Gasteiger partial charge in [-0.05, 0) is 24.6 Å². The fraction of sp³-hybridized carbons (Fsp3) is 0.200. The van der Waals surface area contributed by atoms with Gasteiger partial charge >= 0.3 is 0 Å². The number of aromatic nitrogens is 1. The predicted octanol–water partition coefficient (Wildman–Crippen LogP) is 4.82. The molecule has 0 saturated carbocycles. The Balaban J connectivity index is 1.74. The van der Waals surface area contributed by atoms with Crippen molar-refractivity contribution in [2.45, 2.75) is 19.4 Å². The molecule has 0 spiro atoms. The number of methoxy groups -OCH3 is 1. The zero-order valence-corrected chi connectivity index (χ0v) is 15.0. The highest BCUT2D eigenvalue weighted by Crippen LogP contribution is 2.38. The second-order valence-electron chi connectivity index (χ2n) is 6.03. The third-order valence-corrected chi connectivity index (χ3v) is 5.25. The Kier molecular flexibility index (Phi) is 4.24. The number of hydrogen-bond donors (Lipinski definition) is 0. The quantitative estimate of drug-likeness (QED) is 0.678. The van der Waals surface area contributed by atoms with Gasteiger partial charge in [0, 0.05) is 17.4 Å². The minimum absolute atomic E-state index is 0.160. The van der Waals surface area contributed by atoms with E-state index < -0.39 is 0 Å². The van der Waals surface area contributed by atoms with E-state index in [0.29, 0.717) is 0 Å². The van der Waals surface area contributed by atoms with Gasteiger partial charge in [0.25, 0.3) is 0 Å². The van der Waals surface area contributed by atoms with Crippen LogP contribution in [-0.2, 0) is 0 Å². The molecule has 0 amide bonds. The van der Waals surface area contributed by atoms with E-state index in [1.807, 2.05) is 31.2 Å². The van der Waals surface area contributed by atoms with Gasteiger partial charge < -0.3 is 4.74 Å². The number of hydrogen-bond acceptors (Lipinski definition) is 5. The first kappa shape index (κ1) is 15.8. The molecule has 0 bridgehead atoms. The van der Waals surface area contributed by atoms with Gasteiger partial charge in [-0.15, -0.1) is 11.3 Å². The van der Waals surface area contributed by atoms with Crippen molar-refractivity contribution in [3.63, 3.8) is 0 Å². The SMILES string of the molecule is COc1cccc(C2=NN(c3nc(C)cs3)[C@@H](c3ccccc3)C2)c1. The summed E-state index contributed by atoms with van der Waals surface area (Å²) in [5.74, 6) is 0.847. The minimum atomic E-state index is 0.160. The van der Waals surface area contributed by atoms with Crippen molar-refractivity contribution in [1.29, 1.82) is 0 Å². The molecule has 3 aromatic rings. The normalized spacial score (nSPS) is 16.8. The summed E-state index contributed by atoms with van der Waals surface area (Å²) in [6.07, 6.45) is 0.843. The first-order chi connectivity index (χ1) is 12.2. The molecule has 1 aliphatic heterocycles. The Bertz CT molecular complexity index is 904. The van der Waals surface area contributed by atoms with E-state index in [9.17, 15) is 0 Å². The van der Waals surface area contributed by atoms with E-state index in [1.54, 1.807) is 18.4 Å². The van der Waals surface area contributed by atoms with Gasteiger partial charge in [-0.3, -0.25) is 0 Å². The zero-order valence-electron chi connectivity index (χ0n) is 14.2. The van der Waals surface area contributed by atoms with E-state index >= 15 is 0 Å². The van der Waals surface area contributed by atoms with Crippen LogP contribution in [0.4, 0.5) is 5.13 Å². The fourth-order valence-electron chi connectivity index (χ4n) is 3.05. The Morgan fingerprint density at radius 1 is 1.12 bits per heavy atom. The van der Waals surface area contributed by atoms with Crippen LogP contribution in [0.5, 0.6) is 5.75 Å². The first-order valence-electron chi connectivity index (χ1n) is 8.23. The minimum Gasteiger partial charge on any atom is -0.497 e. The number of benzene rings is 2. The molecule has 1 aromatic heterocycles. The number of hydrazone groups is 1. The van der Waals surface area contributed by atoms with Crippen LogP contribution in [0.1, 0.15) is 29.3 Å². The van der Waals surface area contributed by atoms with E-state index in [0.717, 1.165) is 34.3 Å². The van der Waals surface area contributed by atoms with Gasteiger partial charge in [-0.25, -0.2) is 9.99 Å². The highest BCUT2D eigenvalue weighted by molar-refractivity contribution is 7.13. The molecule has 126 valence electrons. The van der Waals surface area contributed by atoms with Crippen molar-refractivity contribution in [3.8, 4) is 5.75 Å². The third kappa shape index (κ3) is 3.15. The van der Waals surface area contributed by atoms with Crippen molar-refractivity contribution in [2.24, 2.45) is 5.10 Å². The van der Waals surface area contributed by atoms with Crippen LogP contribution in [0.2, 0.25) is 0 Å². The Morgan fingerprint density at radius 2 is 1.96 bits per heavy atom. The molecule has 25 heavy (non-hydrogen) atoms. The van der Waals surface area contributed by atoms with E-state index in [4.69, 9.17) is 9.84 Å². The maximum atomic E-state index is 5.36. The van der Waals surface area contributed by atoms with Crippen LogP contribution in [0.15, 0.2) is 65.1 Å². The molecule has 1 aliphatic rings. The Labute approximate surface area is 151 Å². The van der Waals surface area contributed by atoms with E-state index in [-0.39, 0.29) is 6.04 Å². The lowest BCUT2D eigenvalue weighted by Gasteiger charge is -2.21. The lowest BCUT2D eigenvalue weighted by molar-refractivity contribution is 0.414. The van der Waals surface area contributed by atoms with Crippen molar-refractivity contribution in [3.05, 3.63) is 76.8 Å². The Morgan fingerprint density at radius 3 is 2.68 bits per heavy atom. The van der Waals surface area contributed by atoms with Crippen LogP contribution < -0.4 is 9.75 Å². The molecule has 0 saturated heterocycles. The Hall–Kier alpha value is -2.66. The molecule has 4 rings (SSSR count). The molecular weight excluding hydrogens is 330 g/mol. The van der Waals surface area contributed by atoms with Gasteiger partial charge in [-0.2, -0.15) is 5.10 Å². The average molecular weight is 349 g/mol. The van der Waals surface area contributed by atoms with Crippen LogP contribution in [0.25, 0.3) is 0 Å². The third-order valence-electron chi connectivity index (χ3n) is 4.30. The summed E-state index contributed by atoms with van der Waals surface area (Å²) in [5, 5.41) is 9.98. The topological polar surface area (TPSA) is 37.7 Å². The number of nitrogens with zero attached hydrogens (tertiary/aromatic N) is 3. The number of rotatable bonds is 4. The summed E-state index contributed by atoms with van der Waals surface area (Å²) in [6, 6.07) is 18.7. The van der Waals surface area contributed by atoms with Crippen molar-refractivity contribution >= 4 is 22.2 Å². The van der Waals surface area contributed by atoms with Gasteiger partial charge in [0.2, 0.25) is 5.13 Å². The molecule has 4 nitrogen and oxygen atoms in total. The first-order valence-corrected chi connectivity index (χ1v) is 9.11. The molecule has 0 fully saturated rings. The van der Waals surface area contributed by atoms with Crippen molar-refractivity contribution in [2.75, 3.05) is 12.1 Å². The lowest BCUT2D eigenvalue weighted by Crippen LogP contribution is -2.18. The largest absolute Gasteiger partial charge is 0.497 e. The number of ether oxygens (including phenoxy) is 1. The zero-order chi connectivity index (χ0) is 17.2.